The van der Waals surface area contributed by atoms with Crippen molar-refractivity contribution in [1.82, 2.24) is 19.7 Å². The maximum atomic E-state index is 12.7. The highest BCUT2D eigenvalue weighted by Gasteiger charge is 2.15. The summed E-state index contributed by atoms with van der Waals surface area (Å²) in [5, 5.41) is 10.2. The number of thiophene rings is 1. The fraction of sp³-hybridized carbons (Fsp3) is 0.200. The van der Waals surface area contributed by atoms with Crippen LogP contribution in [0, 0.1) is 0 Å². The molecule has 0 aliphatic carbocycles. The van der Waals surface area contributed by atoms with Crippen molar-refractivity contribution in [2.24, 2.45) is 7.05 Å². The van der Waals surface area contributed by atoms with Crippen LogP contribution in [0.2, 0.25) is 0 Å². The van der Waals surface area contributed by atoms with Gasteiger partial charge in [0.25, 0.3) is 12.3 Å². The Morgan fingerprint density at radius 3 is 2.80 bits per heavy atom. The Morgan fingerprint density at radius 2 is 2.03 bits per heavy atom. The Kier molecular flexibility index (Phi) is 5.40. The van der Waals surface area contributed by atoms with Crippen LogP contribution < -0.4 is 10.6 Å². The number of carbonyl (C=O) groups excluding carboxylic acids is 1. The quantitative estimate of drug-likeness (QED) is 0.461. The van der Waals surface area contributed by atoms with Gasteiger partial charge < -0.3 is 10.6 Å². The first-order valence-corrected chi connectivity index (χ1v) is 9.93. The van der Waals surface area contributed by atoms with Crippen LogP contribution in [-0.4, -0.2) is 25.7 Å². The second-order valence-corrected chi connectivity index (χ2v) is 7.80. The van der Waals surface area contributed by atoms with Crippen LogP contribution in [0.25, 0.3) is 11.2 Å². The lowest BCUT2D eigenvalue weighted by Crippen LogP contribution is -2.12. The van der Waals surface area contributed by atoms with E-state index in [9.17, 15) is 13.6 Å². The Labute approximate surface area is 174 Å². The minimum Gasteiger partial charge on any atom is -0.362 e. The number of fused-ring (bicyclic) bond motifs is 1. The molecule has 30 heavy (non-hydrogen) atoms. The van der Waals surface area contributed by atoms with Crippen LogP contribution >= 0.6 is 11.3 Å². The zero-order valence-electron chi connectivity index (χ0n) is 16.1. The van der Waals surface area contributed by atoms with E-state index in [1.54, 1.807) is 30.2 Å². The Balaban J connectivity index is 1.47. The zero-order chi connectivity index (χ0) is 21.3. The molecule has 3 aromatic heterocycles. The summed E-state index contributed by atoms with van der Waals surface area (Å²) in [5.41, 5.74) is 2.88. The standard InChI is InChI=1S/C20H18F2N6OS/c1-11(25-17-10-23-14-9-24-28(2)19(14)27-17)12-4-3-5-13(8-12)26-20(29)16-7-6-15(30-16)18(21)22/h3-11,18H,1-2H3,(H,25,27)(H,26,29)/t11-/m0/s1. The number of benzene rings is 1. The molecule has 0 aliphatic heterocycles. The van der Waals surface area contributed by atoms with E-state index in [1.807, 2.05) is 25.1 Å². The normalized spacial score (nSPS) is 12.3. The highest BCUT2D eigenvalue weighted by atomic mass is 32.1. The van der Waals surface area contributed by atoms with E-state index in [2.05, 4.69) is 25.7 Å². The highest BCUT2D eigenvalue weighted by Crippen LogP contribution is 2.28. The van der Waals surface area contributed by atoms with Crippen LogP contribution in [0.3, 0.4) is 0 Å². The number of nitrogens with zero attached hydrogens (tertiary/aromatic N) is 4. The molecule has 10 heteroatoms. The van der Waals surface area contributed by atoms with Crippen LogP contribution in [0.1, 0.15) is 39.5 Å². The van der Waals surface area contributed by atoms with Gasteiger partial charge in [-0.1, -0.05) is 12.1 Å². The number of alkyl halides is 2. The van der Waals surface area contributed by atoms with Gasteiger partial charge in [-0.05, 0) is 36.8 Å². The SMILES string of the molecule is C[C@H](Nc1cnc2cnn(C)c2n1)c1cccc(NC(=O)c2ccc(C(F)F)s2)c1. The summed E-state index contributed by atoms with van der Waals surface area (Å²) in [4.78, 5) is 21.3. The van der Waals surface area contributed by atoms with Crippen LogP contribution in [0.5, 0.6) is 0 Å². The van der Waals surface area contributed by atoms with Crippen LogP contribution in [0.4, 0.5) is 20.3 Å². The van der Waals surface area contributed by atoms with Crippen LogP contribution in [-0.2, 0) is 7.05 Å². The van der Waals surface area contributed by atoms with Gasteiger partial charge >= 0.3 is 0 Å². The van der Waals surface area contributed by atoms with Crippen molar-refractivity contribution in [3.63, 3.8) is 0 Å². The third kappa shape index (κ3) is 4.13. The van der Waals surface area contributed by atoms with Crippen molar-refractivity contribution in [3.8, 4) is 0 Å². The number of hydrogen-bond donors (Lipinski definition) is 2. The monoisotopic (exact) mass is 428 g/mol. The molecule has 4 aromatic rings. The molecule has 1 aromatic carbocycles. The summed E-state index contributed by atoms with van der Waals surface area (Å²) in [6.07, 6.45) is 0.712. The van der Waals surface area contributed by atoms with E-state index < -0.39 is 12.3 Å². The summed E-state index contributed by atoms with van der Waals surface area (Å²) >= 11 is 0.787. The third-order valence-corrected chi connectivity index (χ3v) is 5.61. The van der Waals surface area contributed by atoms with Gasteiger partial charge in [-0.3, -0.25) is 4.79 Å². The Morgan fingerprint density at radius 1 is 1.20 bits per heavy atom. The first-order chi connectivity index (χ1) is 14.4. The minimum atomic E-state index is -2.58. The van der Waals surface area contributed by atoms with E-state index in [-0.39, 0.29) is 15.8 Å². The maximum Gasteiger partial charge on any atom is 0.272 e. The molecule has 7 nitrogen and oxygen atoms in total. The van der Waals surface area contributed by atoms with Gasteiger partial charge in [-0.15, -0.1) is 11.3 Å². The number of rotatable bonds is 6. The lowest BCUT2D eigenvalue weighted by atomic mass is 10.1. The summed E-state index contributed by atoms with van der Waals surface area (Å²) in [6.45, 7) is 1.96. The van der Waals surface area contributed by atoms with Crippen molar-refractivity contribution < 1.29 is 13.6 Å². The van der Waals surface area contributed by atoms with E-state index in [0.29, 0.717) is 22.7 Å². The van der Waals surface area contributed by atoms with Crippen molar-refractivity contribution in [2.75, 3.05) is 10.6 Å². The fourth-order valence-corrected chi connectivity index (χ4v) is 3.72. The molecule has 0 fully saturated rings. The van der Waals surface area contributed by atoms with Gasteiger partial charge in [0, 0.05) is 12.7 Å². The van der Waals surface area contributed by atoms with E-state index in [1.165, 1.54) is 12.1 Å². The van der Waals surface area contributed by atoms with Crippen LogP contribution in [0.15, 0.2) is 48.8 Å². The summed E-state index contributed by atoms with van der Waals surface area (Å²) < 4.78 is 27.1. The molecule has 4 rings (SSSR count). The maximum absolute atomic E-state index is 12.7. The summed E-state index contributed by atoms with van der Waals surface area (Å²) in [5.74, 6) is 0.184. The molecule has 0 spiro atoms. The predicted molar refractivity (Wildman–Crippen MR) is 112 cm³/mol. The molecule has 2 N–H and O–H groups in total. The number of hydrogen-bond acceptors (Lipinski definition) is 6. The second-order valence-electron chi connectivity index (χ2n) is 6.68. The molecule has 0 bridgehead atoms. The number of halogens is 2. The van der Waals surface area contributed by atoms with Crippen molar-refractivity contribution in [2.45, 2.75) is 19.4 Å². The molecule has 0 saturated heterocycles. The van der Waals surface area contributed by atoms with Crippen molar-refractivity contribution in [1.29, 1.82) is 0 Å². The van der Waals surface area contributed by atoms with Gasteiger partial charge in [-0.25, -0.2) is 23.4 Å². The number of aryl methyl sites for hydroxylation is 1. The number of anilines is 2. The average Bonchev–Trinajstić information content (AvgIpc) is 3.36. The van der Waals surface area contributed by atoms with Crippen molar-refractivity contribution >= 4 is 39.9 Å². The lowest BCUT2D eigenvalue weighted by molar-refractivity contribution is 0.103. The van der Waals surface area contributed by atoms with E-state index in [4.69, 9.17) is 0 Å². The number of nitrogens with one attached hydrogen (secondary N) is 2. The fourth-order valence-electron chi connectivity index (χ4n) is 2.96. The molecular weight excluding hydrogens is 410 g/mol. The molecule has 0 unspecified atom stereocenters. The molecule has 1 atom stereocenters. The second kappa shape index (κ2) is 8.15. The third-order valence-electron chi connectivity index (χ3n) is 4.52. The Hall–Kier alpha value is -3.40. The van der Waals surface area contributed by atoms with Gasteiger partial charge in [0.1, 0.15) is 11.3 Å². The first kappa shape index (κ1) is 19.9. The topological polar surface area (TPSA) is 84.7 Å². The van der Waals surface area contributed by atoms with Gasteiger partial charge in [0.15, 0.2) is 5.65 Å². The molecule has 0 aliphatic rings. The van der Waals surface area contributed by atoms with Crippen molar-refractivity contribution in [3.05, 3.63) is 64.1 Å². The number of carbonyl (C=O) groups is 1. The van der Waals surface area contributed by atoms with Gasteiger partial charge in [0.2, 0.25) is 0 Å². The number of amides is 1. The smallest absolute Gasteiger partial charge is 0.272 e. The molecule has 154 valence electrons. The average molecular weight is 428 g/mol. The number of aromatic nitrogens is 4. The minimum absolute atomic E-state index is 0.117. The lowest BCUT2D eigenvalue weighted by Gasteiger charge is -2.16. The van der Waals surface area contributed by atoms with Gasteiger partial charge in [-0.2, -0.15) is 5.10 Å². The zero-order valence-corrected chi connectivity index (χ0v) is 17.0. The highest BCUT2D eigenvalue weighted by molar-refractivity contribution is 7.14. The van der Waals surface area contributed by atoms with E-state index >= 15 is 0 Å². The molecule has 3 heterocycles. The first-order valence-electron chi connectivity index (χ1n) is 9.11. The van der Waals surface area contributed by atoms with Gasteiger partial charge in [0.05, 0.1) is 28.2 Å². The Bertz CT molecular complexity index is 1200. The largest absolute Gasteiger partial charge is 0.362 e. The molecule has 1 amide bonds. The predicted octanol–water partition coefficient (Wildman–Crippen LogP) is 4.79. The molecule has 0 saturated carbocycles. The van der Waals surface area contributed by atoms with E-state index in [0.717, 1.165) is 16.9 Å². The molecule has 0 radical (unpaired) electrons. The summed E-state index contributed by atoms with van der Waals surface area (Å²) in [6, 6.07) is 9.87. The summed E-state index contributed by atoms with van der Waals surface area (Å²) in [7, 11) is 1.80. The molecular formula is C20H18F2N6OS.